The van der Waals surface area contributed by atoms with Crippen LogP contribution in [0.5, 0.6) is 0 Å². The zero-order valence-corrected chi connectivity index (χ0v) is 17.4. The van der Waals surface area contributed by atoms with E-state index in [1.165, 1.54) is 48.5 Å². The van der Waals surface area contributed by atoms with Gasteiger partial charge in [-0.3, -0.25) is 14.4 Å². The van der Waals surface area contributed by atoms with Crippen LogP contribution in [0.2, 0.25) is 0 Å². The largest absolute Gasteiger partial charge is 0.459 e. The molecule has 2 N–H and O–H groups in total. The van der Waals surface area contributed by atoms with Crippen LogP contribution in [0.1, 0.15) is 41.7 Å². The molecule has 1 heterocycles. The second kappa shape index (κ2) is 9.73. The van der Waals surface area contributed by atoms with Crippen molar-refractivity contribution < 1.29 is 28.3 Å². The third-order valence-electron chi connectivity index (χ3n) is 3.77. The number of nitrogens with one attached hydrogen (secondary N) is 2. The molecule has 0 aliphatic heterocycles. The summed E-state index contributed by atoms with van der Waals surface area (Å²) >= 11 is 0. The van der Waals surface area contributed by atoms with Crippen LogP contribution >= 0.6 is 0 Å². The summed E-state index contributed by atoms with van der Waals surface area (Å²) in [7, 11) is 1.45. The van der Waals surface area contributed by atoms with Crippen LogP contribution in [0.25, 0.3) is 0 Å². The molecule has 3 amide bonds. The lowest BCUT2D eigenvalue weighted by molar-refractivity contribution is -0.137. The summed E-state index contributed by atoms with van der Waals surface area (Å²) < 4.78 is 10.0. The number of nitrogens with zero attached hydrogens (tertiary/aromatic N) is 1. The van der Waals surface area contributed by atoms with Crippen LogP contribution in [0.15, 0.2) is 47.1 Å². The second-order valence-electron chi connectivity index (χ2n) is 7.63. The van der Waals surface area contributed by atoms with Crippen LogP contribution in [-0.2, 0) is 14.3 Å². The Morgan fingerprint density at radius 3 is 2.30 bits per heavy atom. The van der Waals surface area contributed by atoms with Gasteiger partial charge in [-0.2, -0.15) is 0 Å². The number of likely N-dealkylation sites (N-methyl/N-ethyl adjacent to an activating group) is 1. The molecule has 160 valence electrons. The molecule has 0 spiro atoms. The van der Waals surface area contributed by atoms with E-state index in [2.05, 4.69) is 10.6 Å². The van der Waals surface area contributed by atoms with Gasteiger partial charge < -0.3 is 24.7 Å². The number of hydrogen-bond acceptors (Lipinski definition) is 6. The molecule has 0 saturated carbocycles. The fourth-order valence-electron chi connectivity index (χ4n) is 2.37. The molecule has 9 heteroatoms. The summed E-state index contributed by atoms with van der Waals surface area (Å²) in [6, 6.07) is 9.12. The molecule has 0 bridgehead atoms. The number of anilines is 1. The van der Waals surface area contributed by atoms with Gasteiger partial charge in [0.05, 0.1) is 18.4 Å². The fraction of sp³-hybridized carbons (Fsp3) is 0.333. The molecular weight excluding hydrogens is 390 g/mol. The van der Waals surface area contributed by atoms with Crippen molar-refractivity contribution in [3.05, 3.63) is 54.0 Å². The number of carbonyl (C=O) groups is 4. The first-order chi connectivity index (χ1) is 14.0. The number of carbonyl (C=O) groups excluding carboxylic acids is 4. The summed E-state index contributed by atoms with van der Waals surface area (Å²) in [4.78, 5) is 49.2. The molecule has 2 rings (SSSR count). The minimum absolute atomic E-state index is 0.141. The second-order valence-corrected chi connectivity index (χ2v) is 7.63. The van der Waals surface area contributed by atoms with Crippen molar-refractivity contribution in [1.29, 1.82) is 0 Å². The third-order valence-corrected chi connectivity index (χ3v) is 3.77. The van der Waals surface area contributed by atoms with E-state index in [-0.39, 0.29) is 23.8 Å². The van der Waals surface area contributed by atoms with Gasteiger partial charge in [-0.15, -0.1) is 0 Å². The lowest BCUT2D eigenvalue weighted by atomic mass is 10.1. The van der Waals surface area contributed by atoms with E-state index >= 15 is 0 Å². The van der Waals surface area contributed by atoms with Crippen molar-refractivity contribution in [1.82, 2.24) is 10.2 Å². The fourth-order valence-corrected chi connectivity index (χ4v) is 2.37. The normalized spacial score (nSPS) is 10.8. The molecule has 30 heavy (non-hydrogen) atoms. The van der Waals surface area contributed by atoms with Gasteiger partial charge in [-0.25, -0.2) is 4.79 Å². The molecule has 0 atom stereocenters. The predicted octanol–water partition coefficient (Wildman–Crippen LogP) is 2.06. The predicted molar refractivity (Wildman–Crippen MR) is 109 cm³/mol. The zero-order chi connectivity index (χ0) is 22.3. The van der Waals surface area contributed by atoms with Crippen molar-refractivity contribution in [3.8, 4) is 0 Å². The molecule has 0 aliphatic carbocycles. The monoisotopic (exact) mass is 415 g/mol. The maximum atomic E-state index is 12.1. The SMILES string of the molecule is CN(CC(=O)NC(C)(C)C)C(=O)COC(=O)c1ccc(NC(=O)c2ccco2)cc1. The van der Waals surface area contributed by atoms with Gasteiger partial charge in [0.25, 0.3) is 11.8 Å². The first-order valence-corrected chi connectivity index (χ1v) is 9.22. The summed E-state index contributed by atoms with van der Waals surface area (Å²) in [6.07, 6.45) is 1.39. The van der Waals surface area contributed by atoms with E-state index in [1.807, 2.05) is 20.8 Å². The molecule has 1 aromatic carbocycles. The maximum Gasteiger partial charge on any atom is 0.338 e. The molecule has 0 fully saturated rings. The number of rotatable bonds is 7. The highest BCUT2D eigenvalue weighted by Gasteiger charge is 2.19. The van der Waals surface area contributed by atoms with Crippen molar-refractivity contribution in [2.75, 3.05) is 25.5 Å². The Bertz CT molecular complexity index is 898. The van der Waals surface area contributed by atoms with Gasteiger partial charge in [0.15, 0.2) is 12.4 Å². The number of furan rings is 1. The number of amides is 3. The Morgan fingerprint density at radius 2 is 1.73 bits per heavy atom. The van der Waals surface area contributed by atoms with Gasteiger partial charge in [0.2, 0.25) is 5.91 Å². The molecule has 2 aromatic rings. The topological polar surface area (TPSA) is 118 Å². The van der Waals surface area contributed by atoms with Gasteiger partial charge in [0, 0.05) is 18.3 Å². The van der Waals surface area contributed by atoms with E-state index in [1.54, 1.807) is 6.07 Å². The van der Waals surface area contributed by atoms with Gasteiger partial charge in [0.1, 0.15) is 0 Å². The molecule has 1 aromatic heterocycles. The Hall–Kier alpha value is -3.62. The van der Waals surface area contributed by atoms with Gasteiger partial charge in [-0.1, -0.05) is 0 Å². The molecule has 0 radical (unpaired) electrons. The average Bonchev–Trinajstić information content (AvgIpc) is 3.19. The molecule has 0 aliphatic rings. The van der Waals surface area contributed by atoms with Crippen molar-refractivity contribution in [2.24, 2.45) is 0 Å². The molecular formula is C21H25N3O6. The minimum atomic E-state index is -0.695. The maximum absolute atomic E-state index is 12.1. The number of esters is 1. The molecule has 0 saturated heterocycles. The van der Waals surface area contributed by atoms with E-state index < -0.39 is 29.9 Å². The number of benzene rings is 1. The van der Waals surface area contributed by atoms with Crippen LogP contribution in [0.3, 0.4) is 0 Å². The molecule has 0 unspecified atom stereocenters. The Labute approximate surface area is 174 Å². The van der Waals surface area contributed by atoms with Crippen molar-refractivity contribution in [2.45, 2.75) is 26.3 Å². The Balaban J connectivity index is 1.82. The first kappa shape index (κ1) is 22.7. The highest BCUT2D eigenvalue weighted by Crippen LogP contribution is 2.12. The standard InChI is InChI=1S/C21H25N3O6/c1-21(2,3)23-17(25)12-24(4)18(26)13-30-20(28)14-7-9-15(10-8-14)22-19(27)16-6-5-11-29-16/h5-11H,12-13H2,1-4H3,(H,22,27)(H,23,25). The van der Waals surface area contributed by atoms with E-state index in [4.69, 9.17) is 9.15 Å². The summed E-state index contributed by atoms with van der Waals surface area (Å²) in [6.45, 7) is 4.87. The third kappa shape index (κ3) is 7.08. The summed E-state index contributed by atoms with van der Waals surface area (Å²) in [5, 5.41) is 5.37. The van der Waals surface area contributed by atoms with Crippen molar-refractivity contribution in [3.63, 3.8) is 0 Å². The first-order valence-electron chi connectivity index (χ1n) is 9.22. The minimum Gasteiger partial charge on any atom is -0.459 e. The number of hydrogen-bond donors (Lipinski definition) is 2. The lowest BCUT2D eigenvalue weighted by Gasteiger charge is -2.23. The van der Waals surface area contributed by atoms with Crippen LogP contribution < -0.4 is 10.6 Å². The average molecular weight is 415 g/mol. The van der Waals surface area contributed by atoms with Gasteiger partial charge >= 0.3 is 5.97 Å². The van der Waals surface area contributed by atoms with Crippen LogP contribution in [0.4, 0.5) is 5.69 Å². The van der Waals surface area contributed by atoms with Gasteiger partial charge in [-0.05, 0) is 57.2 Å². The van der Waals surface area contributed by atoms with Crippen LogP contribution in [-0.4, -0.2) is 54.3 Å². The highest BCUT2D eigenvalue weighted by molar-refractivity contribution is 6.02. The van der Waals surface area contributed by atoms with E-state index in [9.17, 15) is 19.2 Å². The van der Waals surface area contributed by atoms with Crippen LogP contribution in [0, 0.1) is 0 Å². The number of ether oxygens (including phenoxy) is 1. The van der Waals surface area contributed by atoms with E-state index in [0.29, 0.717) is 5.69 Å². The molecule has 9 nitrogen and oxygen atoms in total. The highest BCUT2D eigenvalue weighted by atomic mass is 16.5. The lowest BCUT2D eigenvalue weighted by Crippen LogP contribution is -2.46. The van der Waals surface area contributed by atoms with E-state index in [0.717, 1.165) is 0 Å². The zero-order valence-electron chi connectivity index (χ0n) is 17.4. The smallest absolute Gasteiger partial charge is 0.338 e. The Kier molecular flexibility index (Phi) is 7.35. The Morgan fingerprint density at radius 1 is 1.07 bits per heavy atom. The quantitative estimate of drug-likeness (QED) is 0.669. The van der Waals surface area contributed by atoms with Crippen molar-refractivity contribution >= 4 is 29.4 Å². The summed E-state index contributed by atoms with van der Waals surface area (Å²) in [5.41, 5.74) is 0.275. The summed E-state index contributed by atoms with van der Waals surface area (Å²) in [5.74, 6) is -1.76.